The number of nitrogens with zero attached hydrogens (tertiary/aromatic N) is 2. The number of guanidine groups is 1. The molecular formula is C19H25F3N4O. The Kier molecular flexibility index (Phi) is 4.24. The van der Waals surface area contributed by atoms with Crippen molar-refractivity contribution in [3.63, 3.8) is 0 Å². The van der Waals surface area contributed by atoms with Crippen LogP contribution in [0.3, 0.4) is 0 Å². The number of nitrogens with one attached hydrogen (secondary N) is 1. The van der Waals surface area contributed by atoms with E-state index in [4.69, 9.17) is 5.73 Å². The van der Waals surface area contributed by atoms with Gasteiger partial charge in [0.05, 0.1) is 5.41 Å². The van der Waals surface area contributed by atoms with Gasteiger partial charge in [-0.2, -0.15) is 0 Å². The lowest BCUT2D eigenvalue weighted by atomic mass is 9.67. The summed E-state index contributed by atoms with van der Waals surface area (Å²) in [5.41, 5.74) is 4.28. The molecule has 3 N–H and O–H groups in total. The van der Waals surface area contributed by atoms with Gasteiger partial charge in [0.1, 0.15) is 11.4 Å². The largest absolute Gasteiger partial charge is 0.382 e. The maximum Gasteiger partial charge on any atom is 0.253 e. The SMILES string of the molecule is CC(Nc1ccc(F)c(C2(C)N=C(N)N(C)C(=O)C2(C)C)c1)C1CC1(F)F. The summed E-state index contributed by atoms with van der Waals surface area (Å²) in [6.45, 7) is 6.71. The summed E-state index contributed by atoms with van der Waals surface area (Å²) >= 11 is 0. The fourth-order valence-corrected chi connectivity index (χ4v) is 3.70. The molecule has 1 heterocycles. The number of anilines is 1. The standard InChI is InChI=1S/C19H25F3N4O/c1-10(13-9-19(13,21)22)24-11-6-7-14(20)12(8-11)18(4)17(2,3)15(27)26(5)16(23)25-18/h6-8,10,13,24H,9H2,1-5H3,(H2,23,25). The number of rotatable bonds is 4. The van der Waals surface area contributed by atoms with Gasteiger partial charge in [-0.05, 0) is 45.9 Å². The summed E-state index contributed by atoms with van der Waals surface area (Å²) in [7, 11) is 1.52. The summed E-state index contributed by atoms with van der Waals surface area (Å²) in [4.78, 5) is 18.4. The minimum atomic E-state index is -2.65. The van der Waals surface area contributed by atoms with Crippen molar-refractivity contribution >= 4 is 17.6 Å². The van der Waals surface area contributed by atoms with Crippen LogP contribution in [0.5, 0.6) is 0 Å². The molecule has 1 fully saturated rings. The van der Waals surface area contributed by atoms with Gasteiger partial charge in [-0.1, -0.05) is 0 Å². The van der Waals surface area contributed by atoms with Gasteiger partial charge in [0.15, 0.2) is 5.96 Å². The number of halogens is 3. The number of aliphatic imine (C=N–C) groups is 1. The zero-order valence-electron chi connectivity index (χ0n) is 16.1. The van der Waals surface area contributed by atoms with Gasteiger partial charge in [-0.3, -0.25) is 9.69 Å². The van der Waals surface area contributed by atoms with Gasteiger partial charge in [0, 0.05) is 36.7 Å². The van der Waals surface area contributed by atoms with Crippen molar-refractivity contribution < 1.29 is 18.0 Å². The Labute approximate surface area is 156 Å². The number of benzene rings is 1. The lowest BCUT2D eigenvalue weighted by Gasteiger charge is -2.46. The molecule has 0 saturated heterocycles. The molecule has 3 rings (SSSR count). The van der Waals surface area contributed by atoms with E-state index in [1.165, 1.54) is 30.1 Å². The summed E-state index contributed by atoms with van der Waals surface area (Å²) in [6.07, 6.45) is -0.151. The summed E-state index contributed by atoms with van der Waals surface area (Å²) < 4.78 is 41.3. The van der Waals surface area contributed by atoms with Crippen molar-refractivity contribution in [2.24, 2.45) is 22.1 Å². The molecule has 27 heavy (non-hydrogen) atoms. The molecule has 0 spiro atoms. The molecule has 1 saturated carbocycles. The Bertz CT molecular complexity index is 823. The van der Waals surface area contributed by atoms with E-state index >= 15 is 0 Å². The lowest BCUT2D eigenvalue weighted by Crippen LogP contribution is -2.58. The lowest BCUT2D eigenvalue weighted by molar-refractivity contribution is -0.140. The molecule has 5 nitrogen and oxygen atoms in total. The summed E-state index contributed by atoms with van der Waals surface area (Å²) in [5, 5.41) is 3.02. The maximum atomic E-state index is 14.7. The second-order valence-corrected chi connectivity index (χ2v) is 8.23. The first-order valence-corrected chi connectivity index (χ1v) is 8.89. The fraction of sp³-hybridized carbons (Fsp3) is 0.579. The molecule has 3 unspecified atom stereocenters. The molecule has 1 aliphatic heterocycles. The van der Waals surface area contributed by atoms with Crippen molar-refractivity contribution in [1.29, 1.82) is 0 Å². The second kappa shape index (κ2) is 5.87. The smallest absolute Gasteiger partial charge is 0.253 e. The van der Waals surface area contributed by atoms with Crippen molar-refractivity contribution in [3.05, 3.63) is 29.6 Å². The van der Waals surface area contributed by atoms with Crippen molar-refractivity contribution in [1.82, 2.24) is 4.90 Å². The van der Waals surface area contributed by atoms with Gasteiger partial charge >= 0.3 is 0 Å². The topological polar surface area (TPSA) is 70.7 Å². The molecule has 1 aliphatic carbocycles. The molecule has 0 aromatic heterocycles. The van der Waals surface area contributed by atoms with E-state index in [2.05, 4.69) is 10.3 Å². The van der Waals surface area contributed by atoms with Crippen LogP contribution < -0.4 is 11.1 Å². The third-order valence-electron chi connectivity index (χ3n) is 6.10. The van der Waals surface area contributed by atoms with Gasteiger partial charge in [0.2, 0.25) is 5.91 Å². The van der Waals surface area contributed by atoms with E-state index in [1.54, 1.807) is 27.7 Å². The predicted octanol–water partition coefficient (Wildman–Crippen LogP) is 3.31. The number of hydrogen-bond donors (Lipinski definition) is 2. The normalized spacial score (nSPS) is 29.9. The molecule has 1 aromatic carbocycles. The van der Waals surface area contributed by atoms with Crippen molar-refractivity contribution in [2.75, 3.05) is 12.4 Å². The first kappa shape index (κ1) is 19.5. The number of amides is 1. The zero-order chi connectivity index (χ0) is 20.4. The molecule has 148 valence electrons. The van der Waals surface area contributed by atoms with Crippen LogP contribution in [0.2, 0.25) is 0 Å². The average Bonchev–Trinajstić information content (AvgIpc) is 3.22. The highest BCUT2D eigenvalue weighted by Crippen LogP contribution is 2.51. The number of carbonyl (C=O) groups is 1. The molecule has 8 heteroatoms. The first-order chi connectivity index (χ1) is 12.3. The van der Waals surface area contributed by atoms with E-state index in [9.17, 15) is 18.0 Å². The molecule has 2 aliphatic rings. The van der Waals surface area contributed by atoms with E-state index < -0.39 is 34.7 Å². The minimum Gasteiger partial charge on any atom is -0.382 e. The van der Waals surface area contributed by atoms with Gasteiger partial charge < -0.3 is 11.1 Å². The van der Waals surface area contributed by atoms with Crippen LogP contribution in [-0.4, -0.2) is 35.8 Å². The molecule has 3 atom stereocenters. The van der Waals surface area contributed by atoms with E-state index in [0.29, 0.717) is 5.69 Å². The van der Waals surface area contributed by atoms with Gasteiger partial charge in [-0.25, -0.2) is 18.2 Å². The molecule has 0 bridgehead atoms. The Hall–Kier alpha value is -2.25. The number of hydrogen-bond acceptors (Lipinski definition) is 4. The molecule has 1 amide bonds. The minimum absolute atomic E-state index is 0.00516. The van der Waals surface area contributed by atoms with E-state index in [-0.39, 0.29) is 23.9 Å². The first-order valence-electron chi connectivity index (χ1n) is 8.89. The number of nitrogens with two attached hydrogens (primary N) is 1. The van der Waals surface area contributed by atoms with E-state index in [0.717, 1.165) is 0 Å². The molecule has 1 aromatic rings. The highest BCUT2D eigenvalue weighted by molar-refractivity contribution is 6.01. The fourth-order valence-electron chi connectivity index (χ4n) is 3.70. The zero-order valence-corrected chi connectivity index (χ0v) is 16.1. The Morgan fingerprint density at radius 1 is 1.33 bits per heavy atom. The Morgan fingerprint density at radius 3 is 2.48 bits per heavy atom. The monoisotopic (exact) mass is 382 g/mol. The highest BCUT2D eigenvalue weighted by atomic mass is 19.3. The van der Waals surface area contributed by atoms with Crippen LogP contribution in [0, 0.1) is 17.2 Å². The summed E-state index contributed by atoms with van der Waals surface area (Å²) in [6, 6.07) is 3.82. The number of carbonyl (C=O) groups excluding carboxylic acids is 1. The second-order valence-electron chi connectivity index (χ2n) is 8.23. The predicted molar refractivity (Wildman–Crippen MR) is 98.1 cm³/mol. The van der Waals surface area contributed by atoms with Gasteiger partial charge in [0.25, 0.3) is 5.92 Å². The van der Waals surface area contributed by atoms with Crippen molar-refractivity contribution in [3.8, 4) is 0 Å². The van der Waals surface area contributed by atoms with Crippen LogP contribution in [0.15, 0.2) is 23.2 Å². The van der Waals surface area contributed by atoms with Gasteiger partial charge in [-0.15, -0.1) is 0 Å². The maximum absolute atomic E-state index is 14.7. The molecule has 0 radical (unpaired) electrons. The summed E-state index contributed by atoms with van der Waals surface area (Å²) in [5.74, 6) is -4.19. The highest BCUT2D eigenvalue weighted by Gasteiger charge is 2.59. The average molecular weight is 382 g/mol. The Balaban J connectivity index is 2.00. The quantitative estimate of drug-likeness (QED) is 0.839. The Morgan fingerprint density at radius 2 is 1.93 bits per heavy atom. The van der Waals surface area contributed by atoms with Crippen LogP contribution in [0.25, 0.3) is 0 Å². The molecular weight excluding hydrogens is 357 g/mol. The third kappa shape index (κ3) is 2.95. The van der Waals surface area contributed by atoms with Crippen LogP contribution in [0.1, 0.15) is 39.7 Å². The van der Waals surface area contributed by atoms with Crippen LogP contribution >= 0.6 is 0 Å². The van der Waals surface area contributed by atoms with Crippen LogP contribution in [-0.2, 0) is 10.3 Å². The van der Waals surface area contributed by atoms with Crippen molar-refractivity contribution in [2.45, 2.75) is 51.6 Å². The van der Waals surface area contributed by atoms with Crippen LogP contribution in [0.4, 0.5) is 18.9 Å². The number of alkyl halides is 2. The van der Waals surface area contributed by atoms with E-state index in [1.807, 2.05) is 0 Å². The third-order valence-corrected chi connectivity index (χ3v) is 6.10.